The minimum atomic E-state index is -0.680. The van der Waals surface area contributed by atoms with Crippen LogP contribution in [0.5, 0.6) is 11.5 Å². The van der Waals surface area contributed by atoms with Gasteiger partial charge in [0.1, 0.15) is 17.2 Å². The van der Waals surface area contributed by atoms with E-state index in [0.717, 1.165) is 12.0 Å². The Balaban J connectivity index is 1.44. The number of nitrogens with two attached hydrogens (primary N) is 1. The number of nitrogens with zero attached hydrogens (tertiary/aromatic N) is 4. The summed E-state index contributed by atoms with van der Waals surface area (Å²) in [5, 5.41) is 3.72. The first-order valence-corrected chi connectivity index (χ1v) is 12.7. The molecule has 0 aliphatic carbocycles. The van der Waals surface area contributed by atoms with Crippen molar-refractivity contribution in [1.82, 2.24) is 20.2 Å². The minimum absolute atomic E-state index is 0.0231. The number of aromatic nitrogens is 2. The molecule has 1 atom stereocenters. The third kappa shape index (κ3) is 6.45. The smallest absolute Gasteiger partial charge is 0.228 e. The van der Waals surface area contributed by atoms with E-state index in [9.17, 15) is 9.18 Å². The molecule has 39 heavy (non-hydrogen) atoms. The van der Waals surface area contributed by atoms with Gasteiger partial charge in [0.2, 0.25) is 11.9 Å². The molecule has 0 unspecified atom stereocenters. The minimum Gasteiger partial charge on any atom is -0.493 e. The fourth-order valence-corrected chi connectivity index (χ4v) is 4.64. The van der Waals surface area contributed by atoms with E-state index in [1.54, 1.807) is 30.2 Å². The van der Waals surface area contributed by atoms with Gasteiger partial charge in [0, 0.05) is 57.7 Å². The number of fused-ring (bicyclic) bond motifs is 1. The van der Waals surface area contributed by atoms with Crippen LogP contribution in [0.15, 0.2) is 30.3 Å². The SMILES string of the molecule is COCCCN[C@H](CC(=O)N1CCN(c2nc(N)c3cc(OC)c(OC)c(F)c3n2)CC1)c1ccc(F)cc1. The average molecular weight is 545 g/mol. The van der Waals surface area contributed by atoms with Crippen molar-refractivity contribution in [1.29, 1.82) is 0 Å². The molecule has 12 heteroatoms. The Labute approximate surface area is 226 Å². The number of amides is 1. The summed E-state index contributed by atoms with van der Waals surface area (Å²) in [5.74, 6) is -0.489. The maximum Gasteiger partial charge on any atom is 0.228 e. The molecule has 1 aliphatic heterocycles. The van der Waals surface area contributed by atoms with Crippen molar-refractivity contribution in [2.45, 2.75) is 18.9 Å². The van der Waals surface area contributed by atoms with Crippen LogP contribution in [-0.4, -0.2) is 81.4 Å². The third-order valence-electron chi connectivity index (χ3n) is 6.78. The molecule has 1 aliphatic rings. The number of piperazine rings is 1. The molecular weight excluding hydrogens is 510 g/mol. The van der Waals surface area contributed by atoms with Gasteiger partial charge in [-0.3, -0.25) is 4.79 Å². The zero-order valence-electron chi connectivity index (χ0n) is 22.4. The summed E-state index contributed by atoms with van der Waals surface area (Å²) in [6, 6.07) is 7.47. The number of ether oxygens (including phenoxy) is 3. The number of nitrogen functional groups attached to an aromatic ring is 1. The second kappa shape index (κ2) is 12.9. The average Bonchev–Trinajstić information content (AvgIpc) is 2.95. The van der Waals surface area contributed by atoms with Crippen LogP contribution in [0.4, 0.5) is 20.5 Å². The van der Waals surface area contributed by atoms with Crippen LogP contribution in [0, 0.1) is 11.6 Å². The second-order valence-corrected chi connectivity index (χ2v) is 9.21. The molecule has 1 fully saturated rings. The number of rotatable bonds is 11. The molecule has 3 aromatic rings. The quantitative estimate of drug-likeness (QED) is 0.352. The van der Waals surface area contributed by atoms with E-state index < -0.39 is 5.82 Å². The lowest BCUT2D eigenvalue weighted by Gasteiger charge is -2.35. The molecule has 2 aromatic carbocycles. The summed E-state index contributed by atoms with van der Waals surface area (Å²) in [6.45, 7) is 3.04. The Morgan fingerprint density at radius 1 is 1.08 bits per heavy atom. The van der Waals surface area contributed by atoms with Crippen LogP contribution >= 0.6 is 0 Å². The zero-order chi connectivity index (χ0) is 27.9. The molecule has 0 bridgehead atoms. The van der Waals surface area contributed by atoms with E-state index in [4.69, 9.17) is 19.9 Å². The van der Waals surface area contributed by atoms with E-state index in [1.807, 2.05) is 4.90 Å². The molecule has 0 radical (unpaired) electrons. The van der Waals surface area contributed by atoms with Gasteiger partial charge in [-0.2, -0.15) is 4.98 Å². The number of carbonyl (C=O) groups excluding carboxylic acids is 1. The molecule has 1 saturated heterocycles. The number of hydrogen-bond acceptors (Lipinski definition) is 9. The van der Waals surface area contributed by atoms with Crippen LogP contribution in [-0.2, 0) is 9.53 Å². The van der Waals surface area contributed by atoms with Gasteiger partial charge in [-0.15, -0.1) is 0 Å². The van der Waals surface area contributed by atoms with Crippen molar-refractivity contribution in [2.75, 3.05) is 71.3 Å². The monoisotopic (exact) mass is 544 g/mol. The summed E-state index contributed by atoms with van der Waals surface area (Å²) < 4.78 is 44.1. The Hall–Kier alpha value is -3.77. The van der Waals surface area contributed by atoms with E-state index in [-0.39, 0.29) is 53.0 Å². The van der Waals surface area contributed by atoms with Crippen molar-refractivity contribution in [3.05, 3.63) is 47.5 Å². The molecule has 0 saturated carbocycles. The van der Waals surface area contributed by atoms with Crippen molar-refractivity contribution in [3.8, 4) is 11.5 Å². The van der Waals surface area contributed by atoms with E-state index in [1.165, 1.54) is 26.4 Å². The van der Waals surface area contributed by atoms with Gasteiger partial charge < -0.3 is 35.1 Å². The lowest BCUT2D eigenvalue weighted by Crippen LogP contribution is -2.50. The summed E-state index contributed by atoms with van der Waals surface area (Å²) in [7, 11) is 4.40. The predicted molar refractivity (Wildman–Crippen MR) is 144 cm³/mol. The number of nitrogens with one attached hydrogen (secondary N) is 1. The Kier molecular flexibility index (Phi) is 9.31. The van der Waals surface area contributed by atoms with Crippen molar-refractivity contribution >= 4 is 28.6 Å². The predicted octanol–water partition coefficient (Wildman–Crippen LogP) is 2.91. The summed E-state index contributed by atoms with van der Waals surface area (Å²) >= 11 is 0. The van der Waals surface area contributed by atoms with Crippen LogP contribution in [0.2, 0.25) is 0 Å². The summed E-state index contributed by atoms with van der Waals surface area (Å²) in [6.07, 6.45) is 1.01. The molecule has 3 N–H and O–H groups in total. The lowest BCUT2D eigenvalue weighted by atomic mass is 10.0. The third-order valence-corrected chi connectivity index (χ3v) is 6.78. The number of benzene rings is 2. The van der Waals surface area contributed by atoms with Gasteiger partial charge in [-0.1, -0.05) is 12.1 Å². The highest BCUT2D eigenvalue weighted by Crippen LogP contribution is 2.37. The molecule has 4 rings (SSSR count). The van der Waals surface area contributed by atoms with Crippen LogP contribution in [0.1, 0.15) is 24.4 Å². The van der Waals surface area contributed by atoms with Crippen LogP contribution < -0.4 is 25.4 Å². The lowest BCUT2D eigenvalue weighted by molar-refractivity contribution is -0.132. The van der Waals surface area contributed by atoms with Gasteiger partial charge in [-0.25, -0.2) is 13.8 Å². The standard InChI is InChI=1S/C27H34F2N6O4/c1-37-14-4-9-31-20(17-5-7-18(28)8-6-17)16-22(36)34-10-12-35(13-11-34)27-32-24-19(26(30)33-27)15-21(38-2)25(39-3)23(24)29/h5-8,15,20,31H,4,9-14,16H2,1-3H3,(H2,30,32,33)/t20-/m1/s1. The van der Waals surface area contributed by atoms with Crippen molar-refractivity contribution in [2.24, 2.45) is 0 Å². The fourth-order valence-electron chi connectivity index (χ4n) is 4.64. The van der Waals surface area contributed by atoms with Gasteiger partial charge in [0.25, 0.3) is 0 Å². The van der Waals surface area contributed by atoms with Crippen molar-refractivity contribution in [3.63, 3.8) is 0 Å². The highest BCUT2D eigenvalue weighted by molar-refractivity contribution is 5.92. The molecule has 0 spiro atoms. The number of methoxy groups -OCH3 is 3. The molecule has 210 valence electrons. The molecule has 2 heterocycles. The Morgan fingerprint density at radius 3 is 2.44 bits per heavy atom. The van der Waals surface area contributed by atoms with Crippen LogP contribution in [0.25, 0.3) is 10.9 Å². The maximum absolute atomic E-state index is 15.2. The largest absolute Gasteiger partial charge is 0.493 e. The van der Waals surface area contributed by atoms with E-state index in [2.05, 4.69) is 15.3 Å². The van der Waals surface area contributed by atoms with E-state index in [0.29, 0.717) is 44.7 Å². The maximum atomic E-state index is 15.2. The molecule has 1 amide bonds. The number of carbonyl (C=O) groups is 1. The first kappa shape index (κ1) is 28.2. The normalized spacial score (nSPS) is 14.5. The van der Waals surface area contributed by atoms with Gasteiger partial charge in [0.05, 0.1) is 14.2 Å². The van der Waals surface area contributed by atoms with Gasteiger partial charge in [-0.05, 0) is 36.7 Å². The highest BCUT2D eigenvalue weighted by Gasteiger charge is 2.27. The van der Waals surface area contributed by atoms with Crippen LogP contribution in [0.3, 0.4) is 0 Å². The summed E-state index contributed by atoms with van der Waals surface area (Å²) in [4.78, 5) is 25.7. The first-order chi connectivity index (χ1) is 18.9. The highest BCUT2D eigenvalue weighted by atomic mass is 19.1. The summed E-state index contributed by atoms with van der Waals surface area (Å²) in [5.41, 5.74) is 7.04. The Bertz CT molecular complexity index is 1290. The molecular formula is C27H34F2N6O4. The number of halogens is 2. The molecule has 10 nitrogen and oxygen atoms in total. The first-order valence-electron chi connectivity index (χ1n) is 12.7. The number of anilines is 2. The van der Waals surface area contributed by atoms with Gasteiger partial charge in [0.15, 0.2) is 17.3 Å². The van der Waals surface area contributed by atoms with Gasteiger partial charge >= 0.3 is 0 Å². The fraction of sp³-hybridized carbons (Fsp3) is 0.444. The second-order valence-electron chi connectivity index (χ2n) is 9.21. The van der Waals surface area contributed by atoms with Crippen molar-refractivity contribution < 1.29 is 27.8 Å². The zero-order valence-corrected chi connectivity index (χ0v) is 22.4. The number of hydrogen-bond donors (Lipinski definition) is 2. The topological polar surface area (TPSA) is 115 Å². The van der Waals surface area contributed by atoms with E-state index >= 15 is 4.39 Å². The molecule has 1 aromatic heterocycles. The Morgan fingerprint density at radius 2 is 1.79 bits per heavy atom.